The molecule has 0 fully saturated rings. The fourth-order valence-electron chi connectivity index (χ4n) is 2.04. The molecule has 1 unspecified atom stereocenters. The highest BCUT2D eigenvalue weighted by Crippen LogP contribution is 2.15. The molecule has 2 aromatic rings. The van der Waals surface area contributed by atoms with Crippen LogP contribution in [0.3, 0.4) is 0 Å². The Balaban J connectivity index is 2.15. The van der Waals surface area contributed by atoms with Crippen LogP contribution < -0.4 is 5.32 Å². The Labute approximate surface area is 113 Å². The van der Waals surface area contributed by atoms with E-state index in [4.69, 9.17) is 0 Å². The lowest BCUT2D eigenvalue weighted by Gasteiger charge is -2.14. The van der Waals surface area contributed by atoms with Gasteiger partial charge in [0.25, 0.3) is 0 Å². The lowest BCUT2D eigenvalue weighted by Crippen LogP contribution is -2.16. The van der Waals surface area contributed by atoms with E-state index in [1.807, 2.05) is 31.5 Å². The molecule has 19 heavy (non-hydrogen) atoms. The monoisotopic (exact) mass is 260 g/mol. The van der Waals surface area contributed by atoms with E-state index < -0.39 is 0 Å². The van der Waals surface area contributed by atoms with Crippen molar-refractivity contribution in [2.24, 2.45) is 0 Å². The molecule has 0 aliphatic rings. The van der Waals surface area contributed by atoms with E-state index in [1.54, 1.807) is 6.33 Å². The average molecular weight is 260 g/mol. The van der Waals surface area contributed by atoms with E-state index in [-0.39, 0.29) is 6.04 Å². The summed E-state index contributed by atoms with van der Waals surface area (Å²) >= 11 is 0. The summed E-state index contributed by atoms with van der Waals surface area (Å²) in [5.74, 6) is 1.54. The normalized spacial score (nSPS) is 12.4. The SMILES string of the molecule is CCCn1ncnc1C(C)Nc1nc(C)cc(C)n1. The summed E-state index contributed by atoms with van der Waals surface area (Å²) in [5.41, 5.74) is 1.91. The van der Waals surface area contributed by atoms with Crippen molar-refractivity contribution >= 4 is 5.95 Å². The highest BCUT2D eigenvalue weighted by molar-refractivity contribution is 5.30. The lowest BCUT2D eigenvalue weighted by molar-refractivity contribution is 0.552. The van der Waals surface area contributed by atoms with Crippen LogP contribution in [0, 0.1) is 13.8 Å². The molecule has 0 bridgehead atoms. The van der Waals surface area contributed by atoms with Gasteiger partial charge < -0.3 is 5.32 Å². The van der Waals surface area contributed by atoms with E-state index in [0.717, 1.165) is 30.2 Å². The second-order valence-electron chi connectivity index (χ2n) is 4.68. The fraction of sp³-hybridized carbons (Fsp3) is 0.538. The molecule has 1 N–H and O–H groups in total. The van der Waals surface area contributed by atoms with Gasteiger partial charge in [-0.3, -0.25) is 0 Å². The average Bonchev–Trinajstić information content (AvgIpc) is 2.76. The second kappa shape index (κ2) is 5.77. The minimum atomic E-state index is 0.0234. The van der Waals surface area contributed by atoms with Crippen LogP contribution in [0.25, 0.3) is 0 Å². The van der Waals surface area contributed by atoms with Crippen molar-refractivity contribution in [3.8, 4) is 0 Å². The van der Waals surface area contributed by atoms with Crippen molar-refractivity contribution < 1.29 is 0 Å². The number of nitrogens with one attached hydrogen (secondary N) is 1. The van der Waals surface area contributed by atoms with Crippen molar-refractivity contribution in [3.05, 3.63) is 29.6 Å². The van der Waals surface area contributed by atoms with E-state index in [2.05, 4.69) is 32.3 Å². The van der Waals surface area contributed by atoms with Crippen LogP contribution in [0.1, 0.15) is 43.5 Å². The molecule has 6 heteroatoms. The minimum Gasteiger partial charge on any atom is -0.344 e. The van der Waals surface area contributed by atoms with Gasteiger partial charge in [-0.15, -0.1) is 0 Å². The maximum absolute atomic E-state index is 4.38. The zero-order chi connectivity index (χ0) is 13.8. The smallest absolute Gasteiger partial charge is 0.223 e. The molecule has 0 amide bonds. The van der Waals surface area contributed by atoms with E-state index in [1.165, 1.54) is 0 Å². The summed E-state index contributed by atoms with van der Waals surface area (Å²) in [6.07, 6.45) is 2.62. The van der Waals surface area contributed by atoms with E-state index in [0.29, 0.717) is 5.95 Å². The molecule has 2 rings (SSSR count). The lowest BCUT2D eigenvalue weighted by atomic mass is 10.3. The summed E-state index contributed by atoms with van der Waals surface area (Å²) in [7, 11) is 0. The Hall–Kier alpha value is -1.98. The molecule has 6 nitrogen and oxygen atoms in total. The van der Waals surface area contributed by atoms with Crippen molar-refractivity contribution in [2.45, 2.75) is 46.7 Å². The van der Waals surface area contributed by atoms with Crippen LogP contribution in [-0.4, -0.2) is 24.7 Å². The first-order chi connectivity index (χ1) is 9.10. The largest absolute Gasteiger partial charge is 0.344 e. The number of anilines is 1. The van der Waals surface area contributed by atoms with Crippen LogP contribution >= 0.6 is 0 Å². The van der Waals surface area contributed by atoms with Gasteiger partial charge in [0.15, 0.2) is 0 Å². The molecule has 0 aliphatic heterocycles. The van der Waals surface area contributed by atoms with Crippen LogP contribution in [-0.2, 0) is 6.54 Å². The quantitative estimate of drug-likeness (QED) is 0.893. The molecular weight excluding hydrogens is 240 g/mol. The summed E-state index contributed by atoms with van der Waals surface area (Å²) in [6.45, 7) is 8.96. The van der Waals surface area contributed by atoms with Crippen LogP contribution in [0.5, 0.6) is 0 Å². The summed E-state index contributed by atoms with van der Waals surface area (Å²) in [6, 6.07) is 1.98. The molecule has 0 saturated carbocycles. The van der Waals surface area contributed by atoms with E-state index in [9.17, 15) is 0 Å². The number of nitrogens with zero attached hydrogens (tertiary/aromatic N) is 5. The van der Waals surface area contributed by atoms with Crippen molar-refractivity contribution in [3.63, 3.8) is 0 Å². The Morgan fingerprint density at radius 2 is 1.95 bits per heavy atom. The molecule has 2 heterocycles. The van der Waals surface area contributed by atoms with E-state index >= 15 is 0 Å². The number of aryl methyl sites for hydroxylation is 3. The molecule has 1 atom stereocenters. The van der Waals surface area contributed by atoms with Gasteiger partial charge in [-0.1, -0.05) is 6.92 Å². The second-order valence-corrected chi connectivity index (χ2v) is 4.68. The predicted molar refractivity (Wildman–Crippen MR) is 73.9 cm³/mol. The van der Waals surface area contributed by atoms with Gasteiger partial charge >= 0.3 is 0 Å². The molecule has 0 aromatic carbocycles. The number of rotatable bonds is 5. The Bertz CT molecular complexity index is 528. The van der Waals surface area contributed by atoms with Crippen LogP contribution in [0.2, 0.25) is 0 Å². The fourth-order valence-corrected chi connectivity index (χ4v) is 2.04. The van der Waals surface area contributed by atoms with Gasteiger partial charge in [0.05, 0.1) is 6.04 Å². The number of aromatic nitrogens is 5. The van der Waals surface area contributed by atoms with Gasteiger partial charge in [0.1, 0.15) is 12.2 Å². The van der Waals surface area contributed by atoms with Gasteiger partial charge in [-0.25, -0.2) is 19.6 Å². The molecule has 0 aliphatic carbocycles. The summed E-state index contributed by atoms with van der Waals surface area (Å²) in [4.78, 5) is 13.1. The van der Waals surface area contributed by atoms with Crippen molar-refractivity contribution in [1.29, 1.82) is 0 Å². The summed E-state index contributed by atoms with van der Waals surface area (Å²) in [5, 5.41) is 7.51. The third kappa shape index (κ3) is 3.27. The van der Waals surface area contributed by atoms with Gasteiger partial charge in [-0.2, -0.15) is 5.10 Å². The maximum Gasteiger partial charge on any atom is 0.223 e. The first kappa shape index (κ1) is 13.5. The minimum absolute atomic E-state index is 0.0234. The molecule has 0 saturated heterocycles. The number of hydrogen-bond acceptors (Lipinski definition) is 5. The zero-order valence-corrected chi connectivity index (χ0v) is 11.9. The van der Waals surface area contributed by atoms with Crippen molar-refractivity contribution in [2.75, 3.05) is 5.32 Å². The topological polar surface area (TPSA) is 68.5 Å². The Morgan fingerprint density at radius 3 is 2.58 bits per heavy atom. The maximum atomic E-state index is 4.38. The molecule has 2 aromatic heterocycles. The third-order valence-corrected chi connectivity index (χ3v) is 2.80. The molecule has 0 spiro atoms. The van der Waals surface area contributed by atoms with Gasteiger partial charge in [-0.05, 0) is 33.3 Å². The first-order valence-corrected chi connectivity index (χ1v) is 6.56. The summed E-state index contributed by atoms with van der Waals surface area (Å²) < 4.78 is 1.92. The predicted octanol–water partition coefficient (Wildman–Crippen LogP) is 2.27. The third-order valence-electron chi connectivity index (χ3n) is 2.80. The molecule has 102 valence electrons. The Morgan fingerprint density at radius 1 is 1.26 bits per heavy atom. The zero-order valence-electron chi connectivity index (χ0n) is 11.9. The first-order valence-electron chi connectivity index (χ1n) is 6.56. The van der Waals surface area contributed by atoms with Gasteiger partial charge in [0.2, 0.25) is 5.95 Å². The van der Waals surface area contributed by atoms with Crippen LogP contribution in [0.4, 0.5) is 5.95 Å². The van der Waals surface area contributed by atoms with Gasteiger partial charge in [0, 0.05) is 17.9 Å². The highest BCUT2D eigenvalue weighted by atomic mass is 15.3. The Kier molecular flexibility index (Phi) is 4.09. The molecule has 0 radical (unpaired) electrons. The highest BCUT2D eigenvalue weighted by Gasteiger charge is 2.14. The van der Waals surface area contributed by atoms with Crippen molar-refractivity contribution in [1.82, 2.24) is 24.7 Å². The molecular formula is C13H20N6. The standard InChI is InChI=1S/C13H20N6/c1-5-6-19-12(14-8-15-19)11(4)18-13-16-9(2)7-10(3)17-13/h7-8,11H,5-6H2,1-4H3,(H,16,17,18). The number of hydrogen-bond donors (Lipinski definition) is 1. The van der Waals surface area contributed by atoms with Crippen LogP contribution in [0.15, 0.2) is 12.4 Å².